The van der Waals surface area contributed by atoms with Gasteiger partial charge in [-0.1, -0.05) is 24.3 Å². The van der Waals surface area contributed by atoms with Gasteiger partial charge in [0.05, 0.1) is 0 Å². The van der Waals surface area contributed by atoms with Gasteiger partial charge in [-0.3, -0.25) is 4.98 Å². The van der Waals surface area contributed by atoms with Crippen LogP contribution in [0.3, 0.4) is 0 Å². The molecule has 0 saturated heterocycles. The maximum Gasteiger partial charge on any atom is 0.0444 e. The van der Waals surface area contributed by atoms with Crippen LogP contribution in [0.25, 0.3) is 0 Å². The van der Waals surface area contributed by atoms with Crippen LogP contribution in [0.2, 0.25) is 0 Å². The molecule has 1 aliphatic heterocycles. The minimum absolute atomic E-state index is 0.170. The molecule has 1 aliphatic rings. The average Bonchev–Trinajstić information content (AvgIpc) is 2.42. The summed E-state index contributed by atoms with van der Waals surface area (Å²) < 4.78 is 0. The third kappa shape index (κ3) is 2.47. The number of pyridine rings is 1. The Labute approximate surface area is 114 Å². The highest BCUT2D eigenvalue weighted by Crippen LogP contribution is 2.32. The summed E-state index contributed by atoms with van der Waals surface area (Å²) in [6, 6.07) is 10.8. The van der Waals surface area contributed by atoms with Crippen molar-refractivity contribution in [1.29, 1.82) is 0 Å². The first-order valence-corrected chi connectivity index (χ1v) is 6.74. The van der Waals surface area contributed by atoms with Crippen molar-refractivity contribution < 1.29 is 0 Å². The van der Waals surface area contributed by atoms with Gasteiger partial charge in [0.1, 0.15) is 0 Å². The number of para-hydroxylation sites is 1. The van der Waals surface area contributed by atoms with E-state index in [1.54, 1.807) is 0 Å². The highest BCUT2D eigenvalue weighted by atomic mass is 15.1. The Balaban J connectivity index is 1.89. The molecule has 19 heavy (non-hydrogen) atoms. The monoisotopic (exact) mass is 253 g/mol. The van der Waals surface area contributed by atoms with Crippen LogP contribution in [-0.2, 0) is 6.54 Å². The quantitative estimate of drug-likeness (QED) is 0.895. The van der Waals surface area contributed by atoms with Gasteiger partial charge < -0.3 is 10.6 Å². The summed E-state index contributed by atoms with van der Waals surface area (Å²) >= 11 is 0. The third-order valence-electron chi connectivity index (χ3n) is 3.69. The maximum atomic E-state index is 6.19. The Morgan fingerprint density at radius 2 is 2.16 bits per heavy atom. The van der Waals surface area contributed by atoms with E-state index in [0.717, 1.165) is 19.5 Å². The average molecular weight is 253 g/mol. The van der Waals surface area contributed by atoms with E-state index in [0.29, 0.717) is 0 Å². The molecule has 0 spiro atoms. The van der Waals surface area contributed by atoms with Crippen LogP contribution in [0.15, 0.2) is 42.7 Å². The predicted molar refractivity (Wildman–Crippen MR) is 78.0 cm³/mol. The molecular weight excluding hydrogens is 234 g/mol. The second kappa shape index (κ2) is 5.02. The maximum absolute atomic E-state index is 6.19. The van der Waals surface area contributed by atoms with E-state index < -0.39 is 0 Å². The first-order valence-electron chi connectivity index (χ1n) is 6.74. The predicted octanol–water partition coefficient (Wildman–Crippen LogP) is 2.80. The van der Waals surface area contributed by atoms with Crippen molar-refractivity contribution in [3.05, 3.63) is 59.4 Å². The van der Waals surface area contributed by atoms with Gasteiger partial charge in [-0.15, -0.1) is 0 Å². The van der Waals surface area contributed by atoms with Crippen molar-refractivity contribution in [2.45, 2.75) is 25.9 Å². The number of benzene rings is 1. The summed E-state index contributed by atoms with van der Waals surface area (Å²) in [5.74, 6) is 0. The van der Waals surface area contributed by atoms with Crippen LogP contribution in [0.5, 0.6) is 0 Å². The Hall–Kier alpha value is -1.87. The van der Waals surface area contributed by atoms with Crippen molar-refractivity contribution in [2.75, 3.05) is 11.4 Å². The van der Waals surface area contributed by atoms with Gasteiger partial charge in [-0.2, -0.15) is 0 Å². The number of rotatable bonds is 2. The molecule has 3 rings (SSSR count). The van der Waals surface area contributed by atoms with Crippen LogP contribution < -0.4 is 10.6 Å². The number of aromatic nitrogens is 1. The molecule has 1 aromatic carbocycles. The van der Waals surface area contributed by atoms with Crippen LogP contribution in [0.1, 0.15) is 29.2 Å². The molecule has 2 N–H and O–H groups in total. The van der Waals surface area contributed by atoms with E-state index in [9.17, 15) is 0 Å². The molecule has 0 bridgehead atoms. The SMILES string of the molecule is Cc1cncc(CN2CCC(N)c3ccccc32)c1. The van der Waals surface area contributed by atoms with Gasteiger partial charge in [0.15, 0.2) is 0 Å². The first-order chi connectivity index (χ1) is 9.24. The van der Waals surface area contributed by atoms with Gasteiger partial charge >= 0.3 is 0 Å². The van der Waals surface area contributed by atoms with Crippen molar-refractivity contribution in [3.63, 3.8) is 0 Å². The largest absolute Gasteiger partial charge is 0.367 e. The van der Waals surface area contributed by atoms with Crippen LogP contribution in [-0.4, -0.2) is 11.5 Å². The summed E-state index contributed by atoms with van der Waals surface area (Å²) in [5, 5.41) is 0. The molecule has 1 unspecified atom stereocenters. The van der Waals surface area contributed by atoms with Gasteiger partial charge in [-0.25, -0.2) is 0 Å². The number of nitrogens with zero attached hydrogens (tertiary/aromatic N) is 2. The number of hydrogen-bond acceptors (Lipinski definition) is 3. The molecule has 0 aliphatic carbocycles. The fourth-order valence-electron chi connectivity index (χ4n) is 2.75. The van der Waals surface area contributed by atoms with E-state index in [-0.39, 0.29) is 6.04 Å². The molecule has 3 heteroatoms. The molecule has 2 heterocycles. The van der Waals surface area contributed by atoms with Crippen molar-refractivity contribution in [2.24, 2.45) is 5.73 Å². The number of aryl methyl sites for hydroxylation is 1. The summed E-state index contributed by atoms with van der Waals surface area (Å²) in [6.45, 7) is 3.99. The molecule has 2 aromatic rings. The standard InChI is InChI=1S/C16H19N3/c1-12-8-13(10-18-9-12)11-19-7-6-15(17)14-4-2-3-5-16(14)19/h2-5,8-10,15H,6-7,11,17H2,1H3. The van der Waals surface area contributed by atoms with E-state index in [1.807, 2.05) is 12.4 Å². The zero-order valence-corrected chi connectivity index (χ0v) is 11.2. The van der Waals surface area contributed by atoms with Gasteiger partial charge in [-0.05, 0) is 36.1 Å². The summed E-state index contributed by atoms with van der Waals surface area (Å²) in [4.78, 5) is 6.67. The summed E-state index contributed by atoms with van der Waals surface area (Å²) in [5.41, 5.74) is 11.2. The van der Waals surface area contributed by atoms with Crippen LogP contribution >= 0.6 is 0 Å². The second-order valence-electron chi connectivity index (χ2n) is 5.25. The first kappa shape index (κ1) is 12.2. The molecule has 0 fully saturated rings. The van der Waals surface area contributed by atoms with Gasteiger partial charge in [0, 0.05) is 37.2 Å². The number of nitrogens with two attached hydrogens (primary N) is 1. The fourth-order valence-corrected chi connectivity index (χ4v) is 2.75. The lowest BCUT2D eigenvalue weighted by atomic mass is 9.97. The smallest absolute Gasteiger partial charge is 0.0444 e. The second-order valence-corrected chi connectivity index (χ2v) is 5.25. The lowest BCUT2D eigenvalue weighted by Gasteiger charge is -2.34. The van der Waals surface area contributed by atoms with Gasteiger partial charge in [0.2, 0.25) is 0 Å². The summed E-state index contributed by atoms with van der Waals surface area (Å²) in [6.07, 6.45) is 4.85. The highest BCUT2D eigenvalue weighted by molar-refractivity contribution is 5.57. The van der Waals surface area contributed by atoms with Gasteiger partial charge in [0.25, 0.3) is 0 Å². The minimum Gasteiger partial charge on any atom is -0.367 e. The Kier molecular flexibility index (Phi) is 3.22. The molecule has 0 radical (unpaired) electrons. The lowest BCUT2D eigenvalue weighted by molar-refractivity contribution is 0.590. The third-order valence-corrected chi connectivity index (χ3v) is 3.69. The molecule has 1 atom stereocenters. The zero-order chi connectivity index (χ0) is 13.2. The van der Waals surface area contributed by atoms with Crippen molar-refractivity contribution >= 4 is 5.69 Å². The number of fused-ring (bicyclic) bond motifs is 1. The van der Waals surface area contributed by atoms with E-state index in [1.165, 1.54) is 22.4 Å². The molecule has 98 valence electrons. The Bertz CT molecular complexity index is 580. The Morgan fingerprint density at radius 3 is 3.00 bits per heavy atom. The van der Waals surface area contributed by atoms with Crippen molar-refractivity contribution in [1.82, 2.24) is 4.98 Å². The lowest BCUT2D eigenvalue weighted by Crippen LogP contribution is -2.33. The van der Waals surface area contributed by atoms with E-state index >= 15 is 0 Å². The van der Waals surface area contributed by atoms with Crippen LogP contribution in [0, 0.1) is 6.92 Å². The normalized spacial score (nSPS) is 18.2. The van der Waals surface area contributed by atoms with E-state index in [2.05, 4.69) is 47.1 Å². The van der Waals surface area contributed by atoms with Crippen LogP contribution in [0.4, 0.5) is 5.69 Å². The fraction of sp³-hybridized carbons (Fsp3) is 0.312. The molecule has 0 amide bonds. The molecule has 3 nitrogen and oxygen atoms in total. The van der Waals surface area contributed by atoms with Crippen molar-refractivity contribution in [3.8, 4) is 0 Å². The molecule has 0 saturated carbocycles. The number of anilines is 1. The topological polar surface area (TPSA) is 42.2 Å². The zero-order valence-electron chi connectivity index (χ0n) is 11.2. The molecule has 1 aromatic heterocycles. The van der Waals surface area contributed by atoms with E-state index in [4.69, 9.17) is 5.73 Å². The number of hydrogen-bond donors (Lipinski definition) is 1. The summed E-state index contributed by atoms with van der Waals surface area (Å²) in [7, 11) is 0. The Morgan fingerprint density at radius 1 is 1.32 bits per heavy atom. The minimum atomic E-state index is 0.170. The highest BCUT2D eigenvalue weighted by Gasteiger charge is 2.21. The molecular formula is C16H19N3.